The van der Waals surface area contributed by atoms with Gasteiger partial charge in [-0.2, -0.15) is 0 Å². The molecule has 1 atom stereocenters. The molecular weight excluding hydrogens is 362 g/mol. The molecule has 3 heterocycles. The van der Waals surface area contributed by atoms with Gasteiger partial charge in [-0.05, 0) is 44.4 Å². The zero-order valence-corrected chi connectivity index (χ0v) is 16.8. The molecule has 1 saturated heterocycles. The van der Waals surface area contributed by atoms with Gasteiger partial charge in [0.25, 0.3) is 0 Å². The highest BCUT2D eigenvalue weighted by molar-refractivity contribution is 5.86. The lowest BCUT2D eigenvalue weighted by Gasteiger charge is -2.35. The Bertz CT molecular complexity index is 1150. The minimum Gasteiger partial charge on any atom is -0.373 e. The van der Waals surface area contributed by atoms with Crippen LogP contribution >= 0.6 is 0 Å². The van der Waals surface area contributed by atoms with E-state index in [2.05, 4.69) is 64.2 Å². The molecule has 0 saturated carbocycles. The van der Waals surface area contributed by atoms with Crippen molar-refractivity contribution < 1.29 is 4.74 Å². The van der Waals surface area contributed by atoms with Crippen molar-refractivity contribution in [1.29, 1.82) is 0 Å². The van der Waals surface area contributed by atoms with Crippen molar-refractivity contribution in [3.8, 4) is 11.4 Å². The van der Waals surface area contributed by atoms with Crippen molar-refractivity contribution in [3.05, 3.63) is 54.7 Å². The van der Waals surface area contributed by atoms with E-state index < -0.39 is 0 Å². The number of hydrogen-bond acceptors (Lipinski definition) is 5. The summed E-state index contributed by atoms with van der Waals surface area (Å²) in [6, 6.07) is 16.7. The molecule has 4 aromatic rings. The standard InChI is InChI=1S/C23H25N5O/c1-27(2)14-19-15-28(9-10-29-19)18-7-8-21-22(12-18)26-23(25-21)17-11-16-5-3-4-6-20(16)24-13-17/h3-8,11-13,19H,9-10,14-15H2,1-2H3,(H,25,26). The lowest BCUT2D eigenvalue weighted by Crippen LogP contribution is -2.46. The molecule has 0 bridgehead atoms. The maximum absolute atomic E-state index is 5.91. The smallest absolute Gasteiger partial charge is 0.140 e. The first-order valence-electron chi connectivity index (χ1n) is 10.0. The predicted molar refractivity (Wildman–Crippen MR) is 117 cm³/mol. The summed E-state index contributed by atoms with van der Waals surface area (Å²) in [5.74, 6) is 0.850. The van der Waals surface area contributed by atoms with Gasteiger partial charge in [-0.1, -0.05) is 18.2 Å². The van der Waals surface area contributed by atoms with E-state index in [9.17, 15) is 0 Å². The summed E-state index contributed by atoms with van der Waals surface area (Å²) in [5, 5.41) is 1.12. The quantitative estimate of drug-likeness (QED) is 0.580. The van der Waals surface area contributed by atoms with Gasteiger partial charge in [0.2, 0.25) is 0 Å². The maximum atomic E-state index is 5.91. The third-order valence-electron chi connectivity index (χ3n) is 5.40. The van der Waals surface area contributed by atoms with Gasteiger partial charge in [0.05, 0.1) is 29.3 Å². The summed E-state index contributed by atoms with van der Waals surface area (Å²) in [6.07, 6.45) is 2.12. The monoisotopic (exact) mass is 387 g/mol. The number of likely N-dealkylation sites (N-methyl/N-ethyl adjacent to an activating group) is 1. The van der Waals surface area contributed by atoms with Crippen LogP contribution in [0.15, 0.2) is 54.7 Å². The topological polar surface area (TPSA) is 57.3 Å². The fourth-order valence-corrected chi connectivity index (χ4v) is 4.00. The van der Waals surface area contributed by atoms with E-state index in [0.29, 0.717) is 0 Å². The second-order valence-corrected chi connectivity index (χ2v) is 7.90. The molecule has 29 heavy (non-hydrogen) atoms. The fourth-order valence-electron chi connectivity index (χ4n) is 4.00. The lowest BCUT2D eigenvalue weighted by molar-refractivity contribution is 0.0248. The van der Waals surface area contributed by atoms with Gasteiger partial charge in [0, 0.05) is 42.5 Å². The molecule has 5 rings (SSSR count). The predicted octanol–water partition coefficient (Wildman–Crippen LogP) is 3.54. The van der Waals surface area contributed by atoms with E-state index in [1.165, 1.54) is 5.69 Å². The Kier molecular flexibility index (Phi) is 4.66. The van der Waals surface area contributed by atoms with Gasteiger partial charge >= 0.3 is 0 Å². The summed E-state index contributed by atoms with van der Waals surface area (Å²) in [6.45, 7) is 3.50. The molecule has 6 heteroatoms. The number of aromatic amines is 1. The molecule has 0 spiro atoms. The zero-order valence-electron chi connectivity index (χ0n) is 16.8. The number of nitrogens with one attached hydrogen (secondary N) is 1. The number of rotatable bonds is 4. The lowest BCUT2D eigenvalue weighted by atomic mass is 10.1. The number of aromatic nitrogens is 3. The Morgan fingerprint density at radius 2 is 2.03 bits per heavy atom. The summed E-state index contributed by atoms with van der Waals surface area (Å²) < 4.78 is 5.91. The number of morpholine rings is 1. The molecule has 1 N–H and O–H groups in total. The minimum absolute atomic E-state index is 0.232. The molecule has 0 aliphatic carbocycles. The Labute approximate surface area is 170 Å². The SMILES string of the molecule is CN(C)CC1CN(c2ccc3nc(-c4cnc5ccccc5c4)[nH]c3c2)CCO1. The van der Waals surface area contributed by atoms with Crippen LogP contribution in [0.2, 0.25) is 0 Å². The number of pyridine rings is 1. The highest BCUT2D eigenvalue weighted by Gasteiger charge is 2.21. The maximum Gasteiger partial charge on any atom is 0.140 e. The Morgan fingerprint density at radius 1 is 1.14 bits per heavy atom. The van der Waals surface area contributed by atoms with Gasteiger partial charge in [0.1, 0.15) is 5.82 Å². The molecule has 2 aromatic heterocycles. The summed E-state index contributed by atoms with van der Waals surface area (Å²) >= 11 is 0. The third kappa shape index (κ3) is 3.69. The molecule has 1 aliphatic rings. The zero-order chi connectivity index (χ0) is 19.8. The van der Waals surface area contributed by atoms with Crippen LogP contribution in [0, 0.1) is 0 Å². The largest absolute Gasteiger partial charge is 0.373 e. The van der Waals surface area contributed by atoms with Gasteiger partial charge < -0.3 is 19.5 Å². The van der Waals surface area contributed by atoms with E-state index in [4.69, 9.17) is 9.72 Å². The highest BCUT2D eigenvalue weighted by Crippen LogP contribution is 2.27. The van der Waals surface area contributed by atoms with Gasteiger partial charge in [-0.25, -0.2) is 4.98 Å². The number of ether oxygens (including phenoxy) is 1. The van der Waals surface area contributed by atoms with Crippen LogP contribution in [0.4, 0.5) is 5.69 Å². The number of imidazole rings is 1. The number of fused-ring (bicyclic) bond motifs is 2. The summed E-state index contributed by atoms with van der Waals surface area (Å²) in [4.78, 5) is 17.4. The van der Waals surface area contributed by atoms with E-state index in [0.717, 1.165) is 59.6 Å². The number of H-pyrrole nitrogens is 1. The molecule has 1 unspecified atom stereocenters. The number of nitrogens with zero attached hydrogens (tertiary/aromatic N) is 4. The molecule has 1 aliphatic heterocycles. The number of hydrogen-bond donors (Lipinski definition) is 1. The first kappa shape index (κ1) is 18.1. The summed E-state index contributed by atoms with van der Waals surface area (Å²) in [7, 11) is 4.17. The van der Waals surface area contributed by atoms with Crippen LogP contribution < -0.4 is 4.90 Å². The van der Waals surface area contributed by atoms with Crippen LogP contribution in [0.25, 0.3) is 33.3 Å². The molecular formula is C23H25N5O. The Morgan fingerprint density at radius 3 is 2.93 bits per heavy atom. The number of anilines is 1. The van der Waals surface area contributed by atoms with Crippen molar-refractivity contribution in [2.45, 2.75) is 6.10 Å². The third-order valence-corrected chi connectivity index (χ3v) is 5.40. The van der Waals surface area contributed by atoms with Crippen molar-refractivity contribution >= 4 is 27.6 Å². The van der Waals surface area contributed by atoms with Gasteiger partial charge in [-0.15, -0.1) is 0 Å². The average Bonchev–Trinajstić information content (AvgIpc) is 3.16. The molecule has 6 nitrogen and oxygen atoms in total. The van der Waals surface area contributed by atoms with Crippen LogP contribution in [0.3, 0.4) is 0 Å². The molecule has 0 amide bonds. The average molecular weight is 387 g/mol. The highest BCUT2D eigenvalue weighted by atomic mass is 16.5. The number of benzene rings is 2. The van der Waals surface area contributed by atoms with Gasteiger partial charge in [-0.3, -0.25) is 4.98 Å². The van der Waals surface area contributed by atoms with E-state index in [1.807, 2.05) is 24.4 Å². The van der Waals surface area contributed by atoms with Crippen molar-refractivity contribution in [2.75, 3.05) is 45.2 Å². The van der Waals surface area contributed by atoms with Gasteiger partial charge in [0.15, 0.2) is 0 Å². The Hall–Kier alpha value is -2.96. The second-order valence-electron chi connectivity index (χ2n) is 7.90. The molecule has 2 aromatic carbocycles. The normalized spacial score (nSPS) is 17.5. The first-order valence-corrected chi connectivity index (χ1v) is 10.0. The molecule has 0 radical (unpaired) electrons. The van der Waals surface area contributed by atoms with Crippen LogP contribution in [0.1, 0.15) is 0 Å². The fraction of sp³-hybridized carbons (Fsp3) is 0.304. The van der Waals surface area contributed by atoms with Crippen molar-refractivity contribution in [3.63, 3.8) is 0 Å². The number of para-hydroxylation sites is 1. The summed E-state index contributed by atoms with van der Waals surface area (Å²) in [5.41, 5.74) is 5.21. The molecule has 1 fully saturated rings. The second kappa shape index (κ2) is 7.46. The van der Waals surface area contributed by atoms with E-state index >= 15 is 0 Å². The first-order chi connectivity index (χ1) is 14.2. The van der Waals surface area contributed by atoms with Crippen LogP contribution in [0.5, 0.6) is 0 Å². The van der Waals surface area contributed by atoms with E-state index in [1.54, 1.807) is 0 Å². The minimum atomic E-state index is 0.232. The molecule has 148 valence electrons. The van der Waals surface area contributed by atoms with E-state index in [-0.39, 0.29) is 6.10 Å². The van der Waals surface area contributed by atoms with Crippen molar-refractivity contribution in [1.82, 2.24) is 19.9 Å². The van der Waals surface area contributed by atoms with Crippen LogP contribution in [-0.4, -0.2) is 66.3 Å². The Balaban J connectivity index is 1.43. The van der Waals surface area contributed by atoms with Crippen LogP contribution in [-0.2, 0) is 4.74 Å². The van der Waals surface area contributed by atoms with Crippen molar-refractivity contribution in [2.24, 2.45) is 0 Å².